The number of rotatable bonds is 6. The Balaban J connectivity index is 1.67. The van der Waals surface area contributed by atoms with Gasteiger partial charge in [-0.2, -0.15) is 5.10 Å². The number of urea groups is 1. The number of hydrogen-bond acceptors (Lipinski definition) is 6. The quantitative estimate of drug-likeness (QED) is 0.683. The van der Waals surface area contributed by atoms with Crippen LogP contribution in [0.25, 0.3) is 0 Å². The number of nitrogens with zero attached hydrogens (tertiary/aromatic N) is 4. The average molecular weight is 423 g/mol. The zero-order chi connectivity index (χ0) is 20.3. The van der Waals surface area contributed by atoms with Gasteiger partial charge in [0.1, 0.15) is 0 Å². The monoisotopic (exact) mass is 422 g/mol. The smallest absolute Gasteiger partial charge is 0.306 e. The maximum atomic E-state index is 12.6. The summed E-state index contributed by atoms with van der Waals surface area (Å²) < 4.78 is 6.93. The Labute approximate surface area is 175 Å². The van der Waals surface area contributed by atoms with E-state index in [0.717, 1.165) is 37.3 Å². The Morgan fingerprint density at radius 3 is 2.86 bits per heavy atom. The fraction of sp³-hybridized carbons (Fsp3) is 0.579. The number of anilines is 2. The highest BCUT2D eigenvalue weighted by Gasteiger charge is 2.26. The van der Waals surface area contributed by atoms with Gasteiger partial charge in [-0.15, -0.1) is 11.3 Å². The van der Waals surface area contributed by atoms with Crippen molar-refractivity contribution in [3.05, 3.63) is 28.2 Å². The molecule has 0 spiro atoms. The molecule has 3 rings (SSSR count). The number of piperidine rings is 1. The number of nitrogens with one attached hydrogen (secondary N) is 2. The van der Waals surface area contributed by atoms with Crippen molar-refractivity contribution in [3.8, 4) is 0 Å². The highest BCUT2D eigenvalue weighted by molar-refractivity contribution is 7.99. The summed E-state index contributed by atoms with van der Waals surface area (Å²) in [5.74, 6) is 0.381. The van der Waals surface area contributed by atoms with Crippen LogP contribution >= 0.6 is 23.5 Å². The third-order valence-corrected chi connectivity index (χ3v) is 7.10. The second kappa shape index (κ2) is 9.19. The number of thiophene rings is 1. The maximum absolute atomic E-state index is 12.6. The third-order valence-electron chi connectivity index (χ3n) is 4.77. The van der Waals surface area contributed by atoms with Crippen molar-refractivity contribution in [2.24, 2.45) is 7.05 Å². The number of aryl methyl sites for hydroxylation is 2. The van der Waals surface area contributed by atoms with Gasteiger partial charge < -0.3 is 10.2 Å². The zero-order valence-corrected chi connectivity index (χ0v) is 18.9. The molecule has 0 bridgehead atoms. The van der Waals surface area contributed by atoms with Crippen LogP contribution in [0.3, 0.4) is 0 Å². The molecule has 2 aromatic rings. The Morgan fingerprint density at radius 2 is 2.21 bits per heavy atom. The first-order valence-electron chi connectivity index (χ1n) is 9.64. The fourth-order valence-corrected chi connectivity index (χ4v) is 5.22. The molecule has 2 amide bonds. The molecular weight excluding hydrogens is 392 g/mol. The van der Waals surface area contributed by atoms with E-state index >= 15 is 0 Å². The molecular formula is C19H30N6OS2. The van der Waals surface area contributed by atoms with Gasteiger partial charge in [0.25, 0.3) is 0 Å². The van der Waals surface area contributed by atoms with E-state index in [9.17, 15) is 4.79 Å². The molecule has 1 unspecified atom stereocenters. The average Bonchev–Trinajstić information content (AvgIpc) is 3.21. The topological polar surface area (TPSA) is 65.4 Å². The van der Waals surface area contributed by atoms with Crippen LogP contribution in [0.2, 0.25) is 0 Å². The van der Waals surface area contributed by atoms with Crippen LogP contribution < -0.4 is 14.3 Å². The van der Waals surface area contributed by atoms with E-state index in [4.69, 9.17) is 0 Å². The number of likely N-dealkylation sites (tertiary alicyclic amines) is 1. The van der Waals surface area contributed by atoms with Gasteiger partial charge in [-0.1, -0.05) is 13.8 Å². The predicted molar refractivity (Wildman–Crippen MR) is 119 cm³/mol. The van der Waals surface area contributed by atoms with E-state index in [0.29, 0.717) is 12.0 Å². The van der Waals surface area contributed by atoms with Crippen LogP contribution in [0.1, 0.15) is 42.4 Å². The number of aromatic nitrogens is 2. The molecule has 1 aliphatic rings. The van der Waals surface area contributed by atoms with Gasteiger partial charge in [0.05, 0.1) is 35.7 Å². The van der Waals surface area contributed by atoms with Crippen LogP contribution in [-0.2, 0) is 7.05 Å². The van der Waals surface area contributed by atoms with E-state index < -0.39 is 0 Å². The molecule has 28 heavy (non-hydrogen) atoms. The van der Waals surface area contributed by atoms with Crippen molar-refractivity contribution in [2.45, 2.75) is 45.6 Å². The third kappa shape index (κ3) is 5.21. The van der Waals surface area contributed by atoms with Crippen LogP contribution in [0.15, 0.2) is 18.5 Å². The summed E-state index contributed by atoms with van der Waals surface area (Å²) in [5, 5.41) is 7.32. The molecule has 2 aromatic heterocycles. The van der Waals surface area contributed by atoms with Crippen LogP contribution in [0.4, 0.5) is 16.2 Å². The lowest BCUT2D eigenvalue weighted by atomic mass is 10.1. The molecule has 2 N–H and O–H groups in total. The van der Waals surface area contributed by atoms with Crippen molar-refractivity contribution in [3.63, 3.8) is 0 Å². The van der Waals surface area contributed by atoms with Crippen molar-refractivity contribution in [1.29, 1.82) is 0 Å². The normalized spacial score (nSPS) is 17.7. The van der Waals surface area contributed by atoms with Gasteiger partial charge in [0.2, 0.25) is 0 Å². The van der Waals surface area contributed by atoms with Gasteiger partial charge in [-0.25, -0.2) is 4.79 Å². The number of amides is 2. The lowest BCUT2D eigenvalue weighted by Crippen LogP contribution is -2.45. The van der Waals surface area contributed by atoms with E-state index in [-0.39, 0.29) is 6.03 Å². The zero-order valence-electron chi connectivity index (χ0n) is 17.2. The second-order valence-corrected chi connectivity index (χ2v) is 9.76. The van der Waals surface area contributed by atoms with E-state index in [1.807, 2.05) is 25.5 Å². The minimum Gasteiger partial charge on any atom is -0.306 e. The summed E-state index contributed by atoms with van der Waals surface area (Å²) in [6, 6.07) is 2.16. The van der Waals surface area contributed by atoms with Gasteiger partial charge >= 0.3 is 6.03 Å². The summed E-state index contributed by atoms with van der Waals surface area (Å²) >= 11 is 3.07. The van der Waals surface area contributed by atoms with Crippen LogP contribution in [-0.4, -0.2) is 46.9 Å². The maximum Gasteiger partial charge on any atom is 0.330 e. The molecule has 3 heterocycles. The lowest BCUT2D eigenvalue weighted by molar-refractivity contribution is 0.253. The standard InChI is InChI=1S/C19H30N6OS2/c1-13(2)18-17(9-14(3)27-18)21-19(26)22-28-25(16-10-20-24(5)12-16)15-7-6-8-23(4)11-15/h9-10,12-13,15H,6-8,11H2,1-5H3,(H2,21,22,26). The SMILES string of the molecule is Cc1cc(NC(=O)NSN(c2cnn(C)c2)C2CCCN(C)C2)c(C(C)C)s1. The van der Waals surface area contributed by atoms with Crippen LogP contribution in [0, 0.1) is 6.92 Å². The van der Waals surface area contributed by atoms with E-state index in [1.165, 1.54) is 21.9 Å². The Hall–Kier alpha value is -1.71. The van der Waals surface area contributed by atoms with Crippen molar-refractivity contribution in [2.75, 3.05) is 29.8 Å². The second-order valence-electron chi connectivity index (χ2n) is 7.69. The molecule has 0 aliphatic carbocycles. The summed E-state index contributed by atoms with van der Waals surface area (Å²) in [6.45, 7) is 8.44. The number of likely N-dealkylation sites (N-methyl/N-ethyl adjacent to an activating group) is 1. The molecule has 7 nitrogen and oxygen atoms in total. The molecule has 9 heteroatoms. The summed E-state index contributed by atoms with van der Waals surface area (Å²) in [6.07, 6.45) is 6.08. The first kappa shape index (κ1) is 21.0. The molecule has 0 saturated carbocycles. The largest absolute Gasteiger partial charge is 0.330 e. The Bertz CT molecular complexity index is 802. The minimum absolute atomic E-state index is 0.206. The van der Waals surface area contributed by atoms with Crippen molar-refractivity contribution in [1.82, 2.24) is 19.4 Å². The molecule has 0 radical (unpaired) electrons. The van der Waals surface area contributed by atoms with Gasteiger partial charge in [0, 0.05) is 29.5 Å². The Morgan fingerprint density at radius 1 is 1.43 bits per heavy atom. The van der Waals surface area contributed by atoms with E-state index in [2.05, 4.69) is 52.2 Å². The van der Waals surface area contributed by atoms with E-state index in [1.54, 1.807) is 16.0 Å². The fourth-order valence-electron chi connectivity index (χ4n) is 3.49. The molecule has 154 valence electrons. The summed E-state index contributed by atoms with van der Waals surface area (Å²) in [5.41, 5.74) is 1.91. The highest BCUT2D eigenvalue weighted by Crippen LogP contribution is 2.33. The summed E-state index contributed by atoms with van der Waals surface area (Å²) in [4.78, 5) is 17.3. The predicted octanol–water partition coefficient (Wildman–Crippen LogP) is 4.20. The number of carbonyl (C=O) groups excluding carboxylic acids is 1. The van der Waals surface area contributed by atoms with Crippen LogP contribution in [0.5, 0.6) is 0 Å². The van der Waals surface area contributed by atoms with Gasteiger partial charge in [-0.05, 0) is 45.3 Å². The lowest BCUT2D eigenvalue weighted by Gasteiger charge is -2.37. The van der Waals surface area contributed by atoms with Gasteiger partial charge in [-0.3, -0.25) is 13.7 Å². The first-order chi connectivity index (χ1) is 13.3. The molecule has 1 atom stereocenters. The van der Waals surface area contributed by atoms with Gasteiger partial charge in [0.15, 0.2) is 0 Å². The highest BCUT2D eigenvalue weighted by atomic mass is 32.2. The number of hydrogen-bond donors (Lipinski definition) is 2. The molecule has 1 saturated heterocycles. The first-order valence-corrected chi connectivity index (χ1v) is 11.2. The minimum atomic E-state index is -0.206. The molecule has 1 fully saturated rings. The van der Waals surface area contributed by atoms with Crippen molar-refractivity contribution < 1.29 is 4.79 Å². The molecule has 0 aromatic carbocycles. The molecule has 1 aliphatic heterocycles. The number of carbonyl (C=O) groups is 1. The summed E-state index contributed by atoms with van der Waals surface area (Å²) in [7, 11) is 4.05. The Kier molecular flexibility index (Phi) is 6.90. The van der Waals surface area contributed by atoms with Crippen molar-refractivity contribution >= 4 is 40.9 Å².